The summed E-state index contributed by atoms with van der Waals surface area (Å²) in [7, 11) is 0. The first-order valence-electron chi connectivity index (χ1n) is 6.19. The summed E-state index contributed by atoms with van der Waals surface area (Å²) >= 11 is 13.5. The second kappa shape index (κ2) is 5.75. The predicted octanol–water partition coefficient (Wildman–Crippen LogP) is 3.69. The number of rotatable bonds is 5. The Morgan fingerprint density at radius 3 is 2.68 bits per heavy atom. The average molecular weight is 314 g/mol. The van der Waals surface area contributed by atoms with Gasteiger partial charge in [-0.25, -0.2) is 0 Å². The van der Waals surface area contributed by atoms with Crippen molar-refractivity contribution in [2.45, 2.75) is 31.8 Å². The van der Waals surface area contributed by atoms with Crippen molar-refractivity contribution >= 4 is 34.5 Å². The van der Waals surface area contributed by atoms with Crippen LogP contribution in [0.4, 0.5) is 0 Å². The van der Waals surface area contributed by atoms with Gasteiger partial charge in [-0.05, 0) is 30.5 Å². The molecule has 100 valence electrons. The molecule has 6 heteroatoms. The third-order valence-corrected chi connectivity index (χ3v) is 4.63. The first-order chi connectivity index (χ1) is 9.20. The van der Waals surface area contributed by atoms with Crippen molar-refractivity contribution in [3.8, 4) is 0 Å². The lowest BCUT2D eigenvalue weighted by Gasteiger charge is -2.00. The van der Waals surface area contributed by atoms with E-state index in [1.54, 1.807) is 11.3 Å². The summed E-state index contributed by atoms with van der Waals surface area (Å²) in [6.45, 7) is 0.823. The normalized spacial score (nSPS) is 14.8. The Morgan fingerprint density at radius 1 is 1.16 bits per heavy atom. The molecule has 19 heavy (non-hydrogen) atoms. The van der Waals surface area contributed by atoms with E-state index in [9.17, 15) is 0 Å². The highest BCUT2D eigenvalue weighted by Gasteiger charge is 2.20. The minimum atomic E-state index is 0.581. The van der Waals surface area contributed by atoms with Crippen molar-refractivity contribution < 1.29 is 0 Å². The summed E-state index contributed by atoms with van der Waals surface area (Å²) in [5, 5.41) is 15.1. The van der Waals surface area contributed by atoms with E-state index >= 15 is 0 Å². The minimum Gasteiger partial charge on any atom is -0.308 e. The van der Waals surface area contributed by atoms with E-state index in [1.165, 1.54) is 12.8 Å². The van der Waals surface area contributed by atoms with Crippen molar-refractivity contribution in [1.29, 1.82) is 0 Å². The van der Waals surface area contributed by atoms with Crippen LogP contribution >= 0.6 is 34.5 Å². The zero-order valence-corrected chi connectivity index (χ0v) is 12.5. The molecule has 1 fully saturated rings. The molecule has 0 aliphatic heterocycles. The third kappa shape index (κ3) is 3.66. The summed E-state index contributed by atoms with van der Waals surface area (Å²) < 4.78 is 0. The van der Waals surface area contributed by atoms with Crippen LogP contribution in [0, 0.1) is 0 Å². The van der Waals surface area contributed by atoms with Gasteiger partial charge in [0.05, 0.1) is 10.0 Å². The fraction of sp³-hybridized carbons (Fsp3) is 0.385. The molecule has 1 heterocycles. The van der Waals surface area contributed by atoms with Gasteiger partial charge in [0, 0.05) is 19.0 Å². The van der Waals surface area contributed by atoms with Gasteiger partial charge in [-0.1, -0.05) is 40.6 Å². The lowest BCUT2D eigenvalue weighted by atomic mass is 10.2. The number of aromatic nitrogens is 2. The maximum absolute atomic E-state index is 6.00. The summed E-state index contributed by atoms with van der Waals surface area (Å²) in [6.07, 6.45) is 3.32. The molecule has 0 radical (unpaired) electrons. The number of nitrogens with one attached hydrogen (secondary N) is 1. The molecule has 0 atom stereocenters. The quantitative estimate of drug-likeness (QED) is 0.914. The first-order valence-corrected chi connectivity index (χ1v) is 7.76. The molecule has 3 rings (SSSR count). The number of nitrogens with zero attached hydrogens (tertiary/aromatic N) is 2. The van der Waals surface area contributed by atoms with E-state index in [0.29, 0.717) is 16.1 Å². The highest BCUT2D eigenvalue weighted by atomic mass is 35.5. The molecular formula is C13H13Cl2N3S. The van der Waals surface area contributed by atoms with E-state index in [-0.39, 0.29) is 0 Å². The van der Waals surface area contributed by atoms with Gasteiger partial charge < -0.3 is 5.32 Å². The molecule has 0 unspecified atom stereocenters. The Morgan fingerprint density at radius 2 is 1.95 bits per heavy atom. The van der Waals surface area contributed by atoms with Crippen molar-refractivity contribution in [3.63, 3.8) is 0 Å². The van der Waals surface area contributed by atoms with Gasteiger partial charge in [0.1, 0.15) is 10.0 Å². The summed E-state index contributed by atoms with van der Waals surface area (Å²) in [5.41, 5.74) is 1.10. The van der Waals surface area contributed by atoms with Gasteiger partial charge in [-0.2, -0.15) is 0 Å². The molecule has 1 aliphatic carbocycles. The fourth-order valence-corrected chi connectivity index (χ4v) is 2.92. The zero-order chi connectivity index (χ0) is 13.2. The molecule has 3 nitrogen and oxygen atoms in total. The summed E-state index contributed by atoms with van der Waals surface area (Å²) in [5.74, 6) is 0. The van der Waals surface area contributed by atoms with Crippen LogP contribution in [-0.4, -0.2) is 16.2 Å². The Bertz CT molecular complexity index is 581. The Hall–Kier alpha value is -0.680. The van der Waals surface area contributed by atoms with Crippen LogP contribution in [-0.2, 0) is 13.0 Å². The monoisotopic (exact) mass is 313 g/mol. The molecule has 0 amide bonds. The second-order valence-corrected chi connectivity index (χ2v) is 6.63. The molecule has 1 N–H and O–H groups in total. The Balaban J connectivity index is 1.63. The van der Waals surface area contributed by atoms with Gasteiger partial charge in [-0.3, -0.25) is 0 Å². The highest BCUT2D eigenvalue weighted by molar-refractivity contribution is 7.11. The van der Waals surface area contributed by atoms with Crippen molar-refractivity contribution in [3.05, 3.63) is 43.8 Å². The van der Waals surface area contributed by atoms with E-state index < -0.39 is 0 Å². The first kappa shape index (κ1) is 13.3. The molecule has 0 bridgehead atoms. The van der Waals surface area contributed by atoms with Crippen LogP contribution in [0.15, 0.2) is 18.2 Å². The number of benzene rings is 1. The van der Waals surface area contributed by atoms with Gasteiger partial charge in [0.25, 0.3) is 0 Å². The number of hydrogen-bond donors (Lipinski definition) is 1. The molecule has 1 aromatic carbocycles. The molecule has 1 aliphatic rings. The lowest BCUT2D eigenvalue weighted by molar-refractivity contribution is 0.678. The minimum absolute atomic E-state index is 0.581. The number of halogens is 2. The largest absolute Gasteiger partial charge is 0.308 e. The summed E-state index contributed by atoms with van der Waals surface area (Å²) in [6, 6.07) is 6.36. The van der Waals surface area contributed by atoms with Crippen molar-refractivity contribution in [2.24, 2.45) is 0 Å². The van der Waals surface area contributed by atoms with E-state index in [0.717, 1.165) is 28.5 Å². The average Bonchev–Trinajstić information content (AvgIpc) is 3.12. The maximum Gasteiger partial charge on any atom is 0.131 e. The van der Waals surface area contributed by atoms with Gasteiger partial charge in [0.15, 0.2) is 0 Å². The summed E-state index contributed by atoms with van der Waals surface area (Å²) in [4.78, 5) is 0. The van der Waals surface area contributed by atoms with Crippen LogP contribution in [0.2, 0.25) is 10.0 Å². The van der Waals surface area contributed by atoms with E-state index in [2.05, 4.69) is 15.5 Å². The number of hydrogen-bond acceptors (Lipinski definition) is 4. The Kier molecular flexibility index (Phi) is 4.03. The smallest absolute Gasteiger partial charge is 0.131 e. The van der Waals surface area contributed by atoms with Gasteiger partial charge in [0.2, 0.25) is 0 Å². The van der Waals surface area contributed by atoms with E-state index in [4.69, 9.17) is 23.2 Å². The zero-order valence-electron chi connectivity index (χ0n) is 10.2. The topological polar surface area (TPSA) is 37.8 Å². The van der Waals surface area contributed by atoms with Crippen LogP contribution in [0.25, 0.3) is 0 Å². The second-order valence-electron chi connectivity index (χ2n) is 4.67. The van der Waals surface area contributed by atoms with Gasteiger partial charge >= 0.3 is 0 Å². The van der Waals surface area contributed by atoms with Crippen LogP contribution in [0.5, 0.6) is 0 Å². The fourth-order valence-electron chi connectivity index (χ4n) is 1.77. The molecule has 1 saturated carbocycles. The van der Waals surface area contributed by atoms with Crippen molar-refractivity contribution in [2.75, 3.05) is 0 Å². The van der Waals surface area contributed by atoms with Crippen LogP contribution in [0.1, 0.15) is 28.4 Å². The van der Waals surface area contributed by atoms with Crippen molar-refractivity contribution in [1.82, 2.24) is 15.5 Å². The predicted molar refractivity (Wildman–Crippen MR) is 79.0 cm³/mol. The SMILES string of the molecule is Clc1ccc(Cc2nnc(CNC3CC3)s2)cc1Cl. The van der Waals surface area contributed by atoms with Crippen LogP contribution < -0.4 is 5.32 Å². The van der Waals surface area contributed by atoms with Gasteiger partial charge in [-0.15, -0.1) is 10.2 Å². The molecule has 1 aromatic heterocycles. The van der Waals surface area contributed by atoms with Crippen LogP contribution in [0.3, 0.4) is 0 Å². The maximum atomic E-state index is 6.00. The molecule has 2 aromatic rings. The third-order valence-electron chi connectivity index (χ3n) is 2.97. The molecule has 0 spiro atoms. The van der Waals surface area contributed by atoms with E-state index in [1.807, 2.05) is 18.2 Å². The molecular weight excluding hydrogens is 301 g/mol. The highest BCUT2D eigenvalue weighted by Crippen LogP contribution is 2.25. The Labute approximate surface area is 126 Å². The lowest BCUT2D eigenvalue weighted by Crippen LogP contribution is -2.14. The standard InChI is InChI=1S/C13H13Cl2N3S/c14-10-4-1-8(5-11(10)15)6-12-17-18-13(19-12)7-16-9-2-3-9/h1,4-5,9,16H,2-3,6-7H2. The molecule has 0 saturated heterocycles.